The summed E-state index contributed by atoms with van der Waals surface area (Å²) in [5, 5.41) is 13.1. The van der Waals surface area contributed by atoms with Crippen LogP contribution >= 0.6 is 0 Å². The van der Waals surface area contributed by atoms with Gasteiger partial charge in [-0.05, 0) is 130 Å². The molecule has 0 aliphatic carbocycles. The van der Waals surface area contributed by atoms with E-state index in [0.29, 0.717) is 90.4 Å². The number of rotatable bonds is 13. The summed E-state index contributed by atoms with van der Waals surface area (Å²) in [5.41, 5.74) is 0.468. The van der Waals surface area contributed by atoms with Crippen molar-refractivity contribution >= 4 is 35.6 Å². The number of nitrogens with zero attached hydrogens (tertiary/aromatic N) is 4. The number of fused-ring (bicyclic) bond motifs is 2. The quantitative estimate of drug-likeness (QED) is 0.259. The van der Waals surface area contributed by atoms with E-state index in [-0.39, 0.29) is 23.6 Å². The number of nitrogens with one attached hydrogen (secondary N) is 2. The van der Waals surface area contributed by atoms with Crippen molar-refractivity contribution in [1.29, 1.82) is 0 Å². The van der Waals surface area contributed by atoms with Gasteiger partial charge in [-0.3, -0.25) is 29.2 Å². The standard InChI is InChI=1S/C48H68N6O8/c1-47(2,3)61-45(59)39-23-15-29-51-27-13-21-37(43(57)53(39)51)49-41(55)35(31-33-17-9-7-10-18-33)25-26-36(32-34-19-11-8-12-20-34)42(56)50-38-22-14-28-52-30-16-24-40(54(52)44(38)58)46(60)62-48(4,5)6/h7-12,17-20,35-40H,13-16,21-32H2,1-6H3,(H,49,55)(H,50,56). The number of ether oxygens (including phenoxy) is 2. The summed E-state index contributed by atoms with van der Waals surface area (Å²) in [6, 6.07) is 16.2. The van der Waals surface area contributed by atoms with Crippen LogP contribution in [-0.2, 0) is 51.1 Å². The van der Waals surface area contributed by atoms with Crippen molar-refractivity contribution in [2.75, 3.05) is 26.2 Å². The predicted octanol–water partition coefficient (Wildman–Crippen LogP) is 5.14. The molecule has 6 atom stereocenters. The van der Waals surface area contributed by atoms with Crippen LogP contribution in [0, 0.1) is 11.8 Å². The molecular formula is C48H68N6O8. The first-order chi connectivity index (χ1) is 29.5. The summed E-state index contributed by atoms with van der Waals surface area (Å²) in [7, 11) is 0. The average Bonchev–Trinajstić information content (AvgIpc) is 3.48. The topological polar surface area (TPSA) is 158 Å². The lowest BCUT2D eigenvalue weighted by Crippen LogP contribution is -2.62. The van der Waals surface area contributed by atoms with Gasteiger partial charge in [-0.25, -0.2) is 19.6 Å². The van der Waals surface area contributed by atoms with Crippen LogP contribution in [0.1, 0.15) is 117 Å². The highest BCUT2D eigenvalue weighted by Crippen LogP contribution is 2.29. The maximum atomic E-state index is 14.5. The molecule has 14 nitrogen and oxygen atoms in total. The molecule has 0 bridgehead atoms. The Balaban J connectivity index is 1.20. The lowest BCUT2D eigenvalue weighted by atomic mass is 9.86. The number of esters is 2. The molecule has 2 aromatic carbocycles. The van der Waals surface area contributed by atoms with Crippen LogP contribution < -0.4 is 10.6 Å². The van der Waals surface area contributed by atoms with Crippen LogP contribution in [0.15, 0.2) is 60.7 Å². The molecule has 338 valence electrons. The third-order valence-electron chi connectivity index (χ3n) is 12.1. The zero-order valence-electron chi connectivity index (χ0n) is 37.6. The van der Waals surface area contributed by atoms with Gasteiger partial charge in [-0.1, -0.05) is 60.7 Å². The lowest BCUT2D eigenvalue weighted by molar-refractivity contribution is -0.184. The van der Waals surface area contributed by atoms with Crippen molar-refractivity contribution in [2.24, 2.45) is 11.8 Å². The summed E-state index contributed by atoms with van der Waals surface area (Å²) < 4.78 is 11.5. The normalized spacial score (nSPS) is 23.8. The average molecular weight is 857 g/mol. The smallest absolute Gasteiger partial charge is 0.331 e. The Kier molecular flexibility index (Phi) is 15.5. The number of hydrogen-bond donors (Lipinski definition) is 2. The van der Waals surface area contributed by atoms with Crippen LogP contribution in [0.25, 0.3) is 0 Å². The Labute approximate surface area is 367 Å². The minimum absolute atomic E-state index is 0.289. The molecule has 4 saturated heterocycles. The molecule has 4 fully saturated rings. The summed E-state index contributed by atoms with van der Waals surface area (Å²) >= 11 is 0. The van der Waals surface area contributed by atoms with Crippen molar-refractivity contribution in [3.8, 4) is 0 Å². The minimum atomic E-state index is -0.836. The number of amides is 4. The van der Waals surface area contributed by atoms with Gasteiger partial charge in [0.15, 0.2) is 0 Å². The number of hydrogen-bond acceptors (Lipinski definition) is 10. The van der Waals surface area contributed by atoms with E-state index in [9.17, 15) is 28.8 Å². The Bertz CT molecular complexity index is 1750. The second kappa shape index (κ2) is 20.6. The van der Waals surface area contributed by atoms with E-state index in [4.69, 9.17) is 9.47 Å². The van der Waals surface area contributed by atoms with Crippen LogP contribution in [-0.4, -0.2) is 117 Å². The van der Waals surface area contributed by atoms with Gasteiger partial charge < -0.3 is 20.1 Å². The van der Waals surface area contributed by atoms with Crippen molar-refractivity contribution in [1.82, 2.24) is 30.7 Å². The number of carbonyl (C=O) groups excluding carboxylic acids is 6. The molecule has 6 rings (SSSR count). The highest BCUT2D eigenvalue weighted by atomic mass is 16.6. The zero-order valence-corrected chi connectivity index (χ0v) is 37.6. The summed E-state index contributed by atoms with van der Waals surface area (Å²) in [6.07, 6.45) is 6.07. The highest BCUT2D eigenvalue weighted by molar-refractivity contribution is 5.92. The molecule has 4 heterocycles. The molecule has 2 N–H and O–H groups in total. The van der Waals surface area contributed by atoms with Crippen LogP contribution in [0.5, 0.6) is 0 Å². The molecule has 62 heavy (non-hydrogen) atoms. The fraction of sp³-hybridized carbons (Fsp3) is 0.625. The molecule has 0 radical (unpaired) electrons. The van der Waals surface area contributed by atoms with E-state index in [0.717, 1.165) is 24.0 Å². The lowest BCUT2D eigenvalue weighted by Gasteiger charge is -2.43. The van der Waals surface area contributed by atoms with Gasteiger partial charge in [0.05, 0.1) is 0 Å². The molecule has 0 spiro atoms. The number of carbonyl (C=O) groups is 6. The van der Waals surface area contributed by atoms with Gasteiger partial charge in [0, 0.05) is 38.0 Å². The molecule has 6 unspecified atom stereocenters. The maximum Gasteiger partial charge on any atom is 0.331 e. The third-order valence-corrected chi connectivity index (χ3v) is 12.1. The van der Waals surface area contributed by atoms with E-state index >= 15 is 0 Å². The highest BCUT2D eigenvalue weighted by Gasteiger charge is 2.46. The van der Waals surface area contributed by atoms with Gasteiger partial charge in [0.25, 0.3) is 11.8 Å². The summed E-state index contributed by atoms with van der Waals surface area (Å²) in [6.45, 7) is 13.3. The Hall–Kier alpha value is -4.82. The fourth-order valence-corrected chi connectivity index (χ4v) is 9.21. The van der Waals surface area contributed by atoms with E-state index < -0.39 is 59.1 Å². The van der Waals surface area contributed by atoms with Gasteiger partial charge >= 0.3 is 11.9 Å². The Morgan fingerprint density at radius 2 is 0.903 bits per heavy atom. The fourth-order valence-electron chi connectivity index (χ4n) is 9.21. The predicted molar refractivity (Wildman–Crippen MR) is 233 cm³/mol. The first-order valence-corrected chi connectivity index (χ1v) is 22.8. The van der Waals surface area contributed by atoms with Crippen molar-refractivity contribution in [2.45, 2.75) is 154 Å². The molecule has 4 aliphatic rings. The molecular weight excluding hydrogens is 789 g/mol. The largest absolute Gasteiger partial charge is 0.458 e. The maximum absolute atomic E-state index is 14.5. The molecule has 4 amide bonds. The molecule has 2 aromatic rings. The summed E-state index contributed by atoms with van der Waals surface area (Å²) in [4.78, 5) is 84.5. The van der Waals surface area contributed by atoms with Gasteiger partial charge in [-0.15, -0.1) is 0 Å². The SMILES string of the molecule is CC(C)(C)OC(=O)C1CCCN2CCCC(NC(=O)C(CCC(Cc3ccccc3)C(=O)NC3CCCN4CCCC(C(=O)OC(C)(C)C)N4C3=O)Cc3ccccc3)C(=O)N12. The first kappa shape index (κ1) is 46.7. The van der Waals surface area contributed by atoms with Crippen LogP contribution in [0.3, 0.4) is 0 Å². The summed E-state index contributed by atoms with van der Waals surface area (Å²) in [5.74, 6) is -3.29. The monoisotopic (exact) mass is 857 g/mol. The van der Waals surface area contributed by atoms with Crippen LogP contribution in [0.4, 0.5) is 0 Å². The number of benzene rings is 2. The van der Waals surface area contributed by atoms with Crippen molar-refractivity contribution in [3.05, 3.63) is 71.8 Å². The second-order valence-corrected chi connectivity index (χ2v) is 19.4. The second-order valence-electron chi connectivity index (χ2n) is 19.4. The van der Waals surface area contributed by atoms with Crippen molar-refractivity contribution < 1.29 is 38.2 Å². The molecule has 14 heteroatoms. The van der Waals surface area contributed by atoms with Crippen LogP contribution in [0.2, 0.25) is 0 Å². The van der Waals surface area contributed by atoms with Gasteiger partial charge in [-0.2, -0.15) is 0 Å². The minimum Gasteiger partial charge on any atom is -0.458 e. The third kappa shape index (κ3) is 12.4. The molecule has 0 saturated carbocycles. The first-order valence-electron chi connectivity index (χ1n) is 22.8. The molecule has 4 aliphatic heterocycles. The van der Waals surface area contributed by atoms with Gasteiger partial charge in [0.2, 0.25) is 11.8 Å². The Morgan fingerprint density at radius 3 is 1.24 bits per heavy atom. The van der Waals surface area contributed by atoms with E-state index in [2.05, 4.69) is 10.6 Å². The van der Waals surface area contributed by atoms with E-state index in [1.54, 1.807) is 0 Å². The zero-order chi connectivity index (χ0) is 44.6. The van der Waals surface area contributed by atoms with E-state index in [1.807, 2.05) is 112 Å². The number of hydrazine groups is 2. The van der Waals surface area contributed by atoms with Crippen molar-refractivity contribution in [3.63, 3.8) is 0 Å². The van der Waals surface area contributed by atoms with E-state index in [1.165, 1.54) is 10.0 Å². The Morgan fingerprint density at radius 1 is 0.565 bits per heavy atom. The molecule has 0 aromatic heterocycles. The van der Waals surface area contributed by atoms with Gasteiger partial charge in [0.1, 0.15) is 35.4 Å².